The molecule has 0 aliphatic heterocycles. The summed E-state index contributed by atoms with van der Waals surface area (Å²) >= 11 is 0. The van der Waals surface area contributed by atoms with Gasteiger partial charge in [0.1, 0.15) is 0 Å². The van der Waals surface area contributed by atoms with Crippen molar-refractivity contribution >= 4 is 6.08 Å². The summed E-state index contributed by atoms with van der Waals surface area (Å²) < 4.78 is 0. The lowest BCUT2D eigenvalue weighted by Gasteiger charge is -2.10. The number of benzene rings is 1. The molecule has 0 saturated heterocycles. The molecule has 1 heteroatoms. The van der Waals surface area contributed by atoms with Crippen molar-refractivity contribution in [1.82, 2.24) is 5.32 Å². The van der Waals surface area contributed by atoms with E-state index < -0.39 is 0 Å². The monoisotopic (exact) mass is 606 g/mol. The summed E-state index contributed by atoms with van der Waals surface area (Å²) in [6, 6.07) is 7.11. The van der Waals surface area contributed by atoms with Gasteiger partial charge in [-0.15, -0.1) is 0 Å². The number of rotatable bonds is 32. The van der Waals surface area contributed by atoms with Gasteiger partial charge in [-0.25, -0.2) is 0 Å². The SMILES string of the molecule is C=C(C/C=C\c1cc(CCC(=C)CCCCCCCCCCCCC)cc(CNC)c1)CCCCCCCCCCCCC. The molecule has 252 valence electrons. The Balaban J connectivity index is 2.24. The van der Waals surface area contributed by atoms with E-state index in [-0.39, 0.29) is 0 Å². The van der Waals surface area contributed by atoms with E-state index in [0.29, 0.717) is 0 Å². The van der Waals surface area contributed by atoms with Crippen LogP contribution in [0.25, 0.3) is 6.08 Å². The minimum atomic E-state index is 0.917. The average molecular weight is 606 g/mol. The molecule has 0 heterocycles. The Bertz CT molecular complexity index is 846. The summed E-state index contributed by atoms with van der Waals surface area (Å²) in [6.07, 6.45) is 41.1. The first kappa shape index (κ1) is 40.4. The quantitative estimate of drug-likeness (QED) is 0.0636. The highest BCUT2D eigenvalue weighted by Gasteiger charge is 2.03. The summed E-state index contributed by atoms with van der Waals surface area (Å²) in [6.45, 7) is 14.3. The Kier molecular flexibility index (Phi) is 27.6. The molecule has 0 amide bonds. The largest absolute Gasteiger partial charge is 0.316 e. The van der Waals surface area contributed by atoms with Gasteiger partial charge in [0, 0.05) is 6.54 Å². The average Bonchev–Trinajstić information content (AvgIpc) is 3.01. The second-order valence-electron chi connectivity index (χ2n) is 13.8. The van der Waals surface area contributed by atoms with Crippen LogP contribution in [0.3, 0.4) is 0 Å². The van der Waals surface area contributed by atoms with Crippen LogP contribution in [0.15, 0.2) is 48.6 Å². The van der Waals surface area contributed by atoms with Gasteiger partial charge in [0.05, 0.1) is 0 Å². The molecular weight excluding hydrogens is 530 g/mol. The van der Waals surface area contributed by atoms with E-state index in [9.17, 15) is 0 Å². The Morgan fingerprint density at radius 1 is 0.545 bits per heavy atom. The van der Waals surface area contributed by atoms with Crippen LogP contribution < -0.4 is 5.32 Å². The van der Waals surface area contributed by atoms with Gasteiger partial charge in [-0.1, -0.05) is 197 Å². The molecule has 1 aromatic rings. The fourth-order valence-corrected chi connectivity index (χ4v) is 6.33. The van der Waals surface area contributed by atoms with Crippen molar-refractivity contribution in [3.8, 4) is 0 Å². The fourth-order valence-electron chi connectivity index (χ4n) is 6.33. The van der Waals surface area contributed by atoms with Crippen LogP contribution in [0.1, 0.15) is 197 Å². The maximum absolute atomic E-state index is 4.43. The molecule has 0 radical (unpaired) electrons. The van der Waals surface area contributed by atoms with E-state index in [0.717, 1.165) is 25.8 Å². The molecule has 0 aromatic heterocycles. The van der Waals surface area contributed by atoms with Crippen LogP contribution >= 0.6 is 0 Å². The molecule has 0 unspecified atom stereocenters. The molecule has 1 aromatic carbocycles. The lowest BCUT2D eigenvalue weighted by molar-refractivity contribution is 0.548. The summed E-state index contributed by atoms with van der Waals surface area (Å²) in [7, 11) is 2.04. The van der Waals surface area contributed by atoms with Gasteiger partial charge in [-0.3, -0.25) is 0 Å². The van der Waals surface area contributed by atoms with E-state index in [1.165, 1.54) is 182 Å². The van der Waals surface area contributed by atoms with Crippen LogP contribution in [0.2, 0.25) is 0 Å². The van der Waals surface area contributed by atoms with Crippen molar-refractivity contribution in [2.45, 2.75) is 194 Å². The van der Waals surface area contributed by atoms with E-state index in [4.69, 9.17) is 0 Å². The zero-order valence-electron chi connectivity index (χ0n) is 30.1. The first-order chi connectivity index (χ1) is 21.6. The minimum absolute atomic E-state index is 0.917. The molecule has 0 spiro atoms. The van der Waals surface area contributed by atoms with Crippen molar-refractivity contribution in [2.24, 2.45) is 0 Å². The number of allylic oxidation sites excluding steroid dienone is 3. The first-order valence-corrected chi connectivity index (χ1v) is 19.4. The number of aryl methyl sites for hydroxylation is 1. The Labute approximate surface area is 276 Å². The third-order valence-corrected chi connectivity index (χ3v) is 9.21. The van der Waals surface area contributed by atoms with Crippen molar-refractivity contribution < 1.29 is 0 Å². The van der Waals surface area contributed by atoms with Gasteiger partial charge in [0.2, 0.25) is 0 Å². The van der Waals surface area contributed by atoms with Gasteiger partial charge in [-0.05, 0) is 68.7 Å². The molecule has 0 aliphatic rings. The van der Waals surface area contributed by atoms with Gasteiger partial charge < -0.3 is 5.32 Å². The Hall–Kier alpha value is -1.60. The second kappa shape index (κ2) is 30.1. The highest BCUT2D eigenvalue weighted by atomic mass is 14.8. The fraction of sp³-hybridized carbons (Fsp3) is 0.721. The van der Waals surface area contributed by atoms with Crippen molar-refractivity contribution in [1.29, 1.82) is 0 Å². The molecule has 0 saturated carbocycles. The van der Waals surface area contributed by atoms with Crippen molar-refractivity contribution in [2.75, 3.05) is 7.05 Å². The summed E-state index contributed by atoms with van der Waals surface area (Å²) in [5, 5.41) is 3.34. The third kappa shape index (κ3) is 24.7. The molecule has 0 atom stereocenters. The van der Waals surface area contributed by atoms with Crippen molar-refractivity contribution in [3.05, 3.63) is 65.3 Å². The smallest absolute Gasteiger partial charge is 0.0202 e. The van der Waals surface area contributed by atoms with Gasteiger partial charge in [0.25, 0.3) is 0 Å². The molecule has 0 fully saturated rings. The number of unbranched alkanes of at least 4 members (excludes halogenated alkanes) is 20. The summed E-state index contributed by atoms with van der Waals surface area (Å²) in [5.74, 6) is 0. The van der Waals surface area contributed by atoms with Crippen LogP contribution in [-0.4, -0.2) is 7.05 Å². The topological polar surface area (TPSA) is 12.0 Å². The normalized spacial score (nSPS) is 11.5. The first-order valence-electron chi connectivity index (χ1n) is 19.4. The zero-order chi connectivity index (χ0) is 31.9. The van der Waals surface area contributed by atoms with Crippen LogP contribution in [0.5, 0.6) is 0 Å². The van der Waals surface area contributed by atoms with Gasteiger partial charge >= 0.3 is 0 Å². The number of nitrogens with one attached hydrogen (secondary N) is 1. The van der Waals surface area contributed by atoms with E-state index in [2.05, 4.69) is 62.7 Å². The summed E-state index contributed by atoms with van der Waals surface area (Å²) in [5.41, 5.74) is 6.95. The molecule has 1 nitrogen and oxygen atoms in total. The Morgan fingerprint density at radius 2 is 0.977 bits per heavy atom. The zero-order valence-corrected chi connectivity index (χ0v) is 30.1. The minimum Gasteiger partial charge on any atom is -0.316 e. The highest BCUT2D eigenvalue weighted by molar-refractivity contribution is 5.52. The van der Waals surface area contributed by atoms with E-state index in [1.54, 1.807) is 0 Å². The summed E-state index contributed by atoms with van der Waals surface area (Å²) in [4.78, 5) is 0. The van der Waals surface area contributed by atoms with Crippen LogP contribution in [-0.2, 0) is 13.0 Å². The second-order valence-corrected chi connectivity index (χ2v) is 13.8. The van der Waals surface area contributed by atoms with Crippen LogP contribution in [0.4, 0.5) is 0 Å². The Morgan fingerprint density at radius 3 is 1.45 bits per heavy atom. The maximum atomic E-state index is 4.43. The van der Waals surface area contributed by atoms with E-state index in [1.807, 2.05) is 7.05 Å². The third-order valence-electron chi connectivity index (χ3n) is 9.21. The number of hydrogen-bond donors (Lipinski definition) is 1. The molecule has 0 bridgehead atoms. The molecule has 1 N–H and O–H groups in total. The standard InChI is InChI=1S/C43H75N/c1-6-8-10-12-14-16-18-20-22-24-26-29-39(3)31-28-32-41-35-42(37-43(36-41)38-44-5)34-33-40(4)30-27-25-23-21-19-17-15-13-11-9-7-2/h28,32,35-37,44H,3-4,6-27,29-31,33-34,38H2,1-2,5H3/b32-28-. The van der Waals surface area contributed by atoms with E-state index >= 15 is 0 Å². The lowest BCUT2D eigenvalue weighted by Crippen LogP contribution is -2.05. The molecule has 44 heavy (non-hydrogen) atoms. The highest BCUT2D eigenvalue weighted by Crippen LogP contribution is 2.20. The van der Waals surface area contributed by atoms with Gasteiger partial charge in [0.15, 0.2) is 0 Å². The predicted octanol–water partition coefficient (Wildman–Crippen LogP) is 14.3. The predicted molar refractivity (Wildman–Crippen MR) is 202 cm³/mol. The molecule has 0 aliphatic carbocycles. The lowest BCUT2D eigenvalue weighted by atomic mass is 9.97. The van der Waals surface area contributed by atoms with Gasteiger partial charge in [-0.2, -0.15) is 0 Å². The maximum Gasteiger partial charge on any atom is 0.0202 e. The molecule has 1 rings (SSSR count). The van der Waals surface area contributed by atoms with Crippen molar-refractivity contribution in [3.63, 3.8) is 0 Å². The molecular formula is C43H75N. The van der Waals surface area contributed by atoms with Crippen LogP contribution in [0, 0.1) is 0 Å². The number of hydrogen-bond acceptors (Lipinski definition) is 1.